The number of aromatic nitrogens is 2. The van der Waals surface area contributed by atoms with E-state index in [4.69, 9.17) is 6.42 Å². The van der Waals surface area contributed by atoms with E-state index in [0.29, 0.717) is 12.1 Å². The van der Waals surface area contributed by atoms with Gasteiger partial charge < -0.3 is 5.32 Å². The van der Waals surface area contributed by atoms with Crippen LogP contribution in [0.1, 0.15) is 45.0 Å². The summed E-state index contributed by atoms with van der Waals surface area (Å²) in [5.41, 5.74) is 1.84. The van der Waals surface area contributed by atoms with Gasteiger partial charge in [-0.05, 0) is 19.8 Å². The third kappa shape index (κ3) is 3.10. The van der Waals surface area contributed by atoms with E-state index < -0.39 is 0 Å². The molecular formula is C12H19N3. The predicted molar refractivity (Wildman–Crippen MR) is 62.5 cm³/mol. The first kappa shape index (κ1) is 11.8. The monoisotopic (exact) mass is 205 g/mol. The zero-order valence-corrected chi connectivity index (χ0v) is 9.91. The molecule has 0 aliphatic rings. The van der Waals surface area contributed by atoms with Gasteiger partial charge in [0.2, 0.25) is 0 Å². The number of hydrogen-bond donors (Lipinski definition) is 1. The summed E-state index contributed by atoms with van der Waals surface area (Å²) < 4.78 is 1.91. The van der Waals surface area contributed by atoms with E-state index in [9.17, 15) is 0 Å². The summed E-state index contributed by atoms with van der Waals surface area (Å²) in [6.45, 7) is 9.19. The second-order valence-electron chi connectivity index (χ2n) is 4.26. The molecule has 0 spiro atoms. The van der Waals surface area contributed by atoms with E-state index >= 15 is 0 Å². The minimum Gasteiger partial charge on any atom is -0.310 e. The molecule has 1 heterocycles. The van der Waals surface area contributed by atoms with Crippen molar-refractivity contribution in [3.05, 3.63) is 17.5 Å². The SMILES string of the molecule is C#Cc1nn(C(C)C)cc1CNC(C)C. The van der Waals surface area contributed by atoms with E-state index in [1.807, 2.05) is 10.9 Å². The maximum absolute atomic E-state index is 5.42. The van der Waals surface area contributed by atoms with Crippen molar-refractivity contribution < 1.29 is 0 Å². The highest BCUT2D eigenvalue weighted by atomic mass is 15.3. The summed E-state index contributed by atoms with van der Waals surface area (Å²) in [5, 5.41) is 7.69. The fourth-order valence-electron chi connectivity index (χ4n) is 1.26. The van der Waals surface area contributed by atoms with Gasteiger partial charge in [0.05, 0.1) is 0 Å². The minimum atomic E-state index is 0.352. The molecule has 3 nitrogen and oxygen atoms in total. The van der Waals surface area contributed by atoms with Crippen LogP contribution >= 0.6 is 0 Å². The number of nitrogens with zero attached hydrogens (tertiary/aromatic N) is 2. The molecule has 0 bridgehead atoms. The molecule has 0 aliphatic carbocycles. The Morgan fingerprint density at radius 2 is 2.13 bits per heavy atom. The molecule has 0 unspecified atom stereocenters. The lowest BCUT2D eigenvalue weighted by Gasteiger charge is -2.06. The molecule has 0 saturated carbocycles. The van der Waals surface area contributed by atoms with E-state index in [0.717, 1.165) is 17.8 Å². The van der Waals surface area contributed by atoms with Gasteiger partial charge in [0.25, 0.3) is 0 Å². The predicted octanol–water partition coefficient (Wildman–Crippen LogP) is 1.94. The molecular weight excluding hydrogens is 186 g/mol. The van der Waals surface area contributed by atoms with Crippen LogP contribution in [0.15, 0.2) is 6.20 Å². The highest BCUT2D eigenvalue weighted by Crippen LogP contribution is 2.10. The molecule has 15 heavy (non-hydrogen) atoms. The van der Waals surface area contributed by atoms with Crippen molar-refractivity contribution in [2.45, 2.75) is 46.3 Å². The summed E-state index contributed by atoms with van der Waals surface area (Å²) in [5.74, 6) is 2.62. The number of hydrogen-bond acceptors (Lipinski definition) is 2. The van der Waals surface area contributed by atoms with E-state index in [1.54, 1.807) is 0 Å². The van der Waals surface area contributed by atoms with Gasteiger partial charge in [-0.15, -0.1) is 6.42 Å². The summed E-state index contributed by atoms with van der Waals surface area (Å²) >= 11 is 0. The Bertz CT molecular complexity index is 355. The zero-order chi connectivity index (χ0) is 11.4. The van der Waals surface area contributed by atoms with Crippen LogP contribution in [0.4, 0.5) is 0 Å². The van der Waals surface area contributed by atoms with Gasteiger partial charge in [-0.25, -0.2) is 0 Å². The van der Waals surface area contributed by atoms with E-state index in [2.05, 4.69) is 44.0 Å². The quantitative estimate of drug-likeness (QED) is 0.761. The first-order valence-corrected chi connectivity index (χ1v) is 5.32. The van der Waals surface area contributed by atoms with Crippen molar-refractivity contribution in [2.24, 2.45) is 0 Å². The van der Waals surface area contributed by atoms with Crippen LogP contribution in [0.5, 0.6) is 0 Å². The first-order chi connectivity index (χ1) is 7.04. The highest BCUT2D eigenvalue weighted by Gasteiger charge is 2.08. The smallest absolute Gasteiger partial charge is 0.139 e. The summed E-state index contributed by atoms with van der Waals surface area (Å²) in [7, 11) is 0. The average Bonchev–Trinajstić information content (AvgIpc) is 2.57. The van der Waals surface area contributed by atoms with Crippen LogP contribution in [0.3, 0.4) is 0 Å². The zero-order valence-electron chi connectivity index (χ0n) is 9.91. The molecule has 0 saturated heterocycles. The van der Waals surface area contributed by atoms with Crippen LogP contribution in [-0.4, -0.2) is 15.8 Å². The summed E-state index contributed by atoms with van der Waals surface area (Å²) in [6, 6.07) is 0.808. The second-order valence-corrected chi connectivity index (χ2v) is 4.26. The highest BCUT2D eigenvalue weighted by molar-refractivity contribution is 5.32. The molecule has 0 radical (unpaired) electrons. The van der Waals surface area contributed by atoms with Gasteiger partial charge in [-0.3, -0.25) is 4.68 Å². The molecule has 0 atom stereocenters. The second kappa shape index (κ2) is 4.99. The molecule has 1 rings (SSSR count). The van der Waals surface area contributed by atoms with Crippen LogP contribution in [-0.2, 0) is 6.54 Å². The van der Waals surface area contributed by atoms with Crippen LogP contribution in [0.2, 0.25) is 0 Å². The molecule has 0 fully saturated rings. The minimum absolute atomic E-state index is 0.352. The van der Waals surface area contributed by atoms with Crippen molar-refractivity contribution in [3.8, 4) is 12.3 Å². The van der Waals surface area contributed by atoms with E-state index in [1.165, 1.54) is 0 Å². The lowest BCUT2D eigenvalue weighted by atomic mass is 10.2. The van der Waals surface area contributed by atoms with Crippen molar-refractivity contribution in [3.63, 3.8) is 0 Å². The fourth-order valence-corrected chi connectivity index (χ4v) is 1.26. The lowest BCUT2D eigenvalue weighted by molar-refractivity contribution is 0.530. The standard InChI is InChI=1S/C12H19N3/c1-6-12-11(7-13-9(2)3)8-15(14-12)10(4)5/h1,8-10,13H,7H2,2-5H3. The Morgan fingerprint density at radius 1 is 1.47 bits per heavy atom. The Hall–Kier alpha value is -1.27. The van der Waals surface area contributed by atoms with Gasteiger partial charge >= 0.3 is 0 Å². The van der Waals surface area contributed by atoms with Gasteiger partial charge in [-0.1, -0.05) is 13.8 Å². The van der Waals surface area contributed by atoms with Gasteiger partial charge in [-0.2, -0.15) is 5.10 Å². The van der Waals surface area contributed by atoms with Crippen molar-refractivity contribution >= 4 is 0 Å². The van der Waals surface area contributed by atoms with E-state index in [-0.39, 0.29) is 0 Å². The third-order valence-electron chi connectivity index (χ3n) is 2.17. The lowest BCUT2D eigenvalue weighted by Crippen LogP contribution is -2.22. The van der Waals surface area contributed by atoms with Crippen LogP contribution in [0, 0.1) is 12.3 Å². The molecule has 3 heteroatoms. The van der Waals surface area contributed by atoms with Crippen LogP contribution < -0.4 is 5.32 Å². The Labute approximate surface area is 91.9 Å². The van der Waals surface area contributed by atoms with Crippen molar-refractivity contribution in [1.82, 2.24) is 15.1 Å². The maximum atomic E-state index is 5.42. The average molecular weight is 205 g/mol. The third-order valence-corrected chi connectivity index (χ3v) is 2.17. The summed E-state index contributed by atoms with van der Waals surface area (Å²) in [6.07, 6.45) is 7.44. The Kier molecular flexibility index (Phi) is 3.93. The Balaban J connectivity index is 2.82. The van der Waals surface area contributed by atoms with Gasteiger partial charge in [0, 0.05) is 30.4 Å². The maximum Gasteiger partial charge on any atom is 0.139 e. The van der Waals surface area contributed by atoms with Gasteiger partial charge in [0.1, 0.15) is 5.69 Å². The largest absolute Gasteiger partial charge is 0.310 e. The van der Waals surface area contributed by atoms with Crippen molar-refractivity contribution in [1.29, 1.82) is 0 Å². The Morgan fingerprint density at radius 3 is 2.60 bits per heavy atom. The number of terminal acetylenes is 1. The number of rotatable bonds is 4. The topological polar surface area (TPSA) is 29.9 Å². The van der Waals surface area contributed by atoms with Crippen LogP contribution in [0.25, 0.3) is 0 Å². The molecule has 0 aromatic carbocycles. The molecule has 1 aromatic heterocycles. The van der Waals surface area contributed by atoms with Crippen molar-refractivity contribution in [2.75, 3.05) is 0 Å². The molecule has 0 aliphatic heterocycles. The fraction of sp³-hybridized carbons (Fsp3) is 0.583. The normalized spacial score (nSPS) is 11.0. The molecule has 82 valence electrons. The van der Waals surface area contributed by atoms with Gasteiger partial charge in [0.15, 0.2) is 0 Å². The first-order valence-electron chi connectivity index (χ1n) is 5.32. The summed E-state index contributed by atoms with van der Waals surface area (Å²) in [4.78, 5) is 0. The molecule has 1 N–H and O–H groups in total. The number of nitrogens with one attached hydrogen (secondary N) is 1. The molecule has 1 aromatic rings. The molecule has 0 amide bonds.